The predicted octanol–water partition coefficient (Wildman–Crippen LogP) is 0.204. The first kappa shape index (κ1) is 5.38. The Bertz CT molecular complexity index is 91.5. The molecule has 0 spiro atoms. The molecule has 32 valence electrons. The Labute approximate surface area is 40.6 Å². The number of rotatable bonds is 0. The molecule has 0 saturated heterocycles. The van der Waals surface area contributed by atoms with E-state index in [1.807, 2.05) is 0 Å². The van der Waals surface area contributed by atoms with Crippen molar-refractivity contribution in [2.45, 2.75) is 0 Å². The second-order valence-electron chi connectivity index (χ2n) is 0.584. The predicted molar refractivity (Wildman–Crippen MR) is 28.3 cm³/mol. The number of nitrogens with one attached hydrogen (secondary N) is 1. The van der Waals surface area contributed by atoms with E-state index in [9.17, 15) is 0 Å². The van der Waals surface area contributed by atoms with Crippen LogP contribution in [0.5, 0.6) is 0 Å². The van der Waals surface area contributed by atoms with E-state index in [0.29, 0.717) is 0 Å². The molecule has 0 aromatic heterocycles. The van der Waals surface area contributed by atoms with E-state index in [2.05, 4.69) is 5.25 Å². The van der Waals surface area contributed by atoms with Crippen molar-refractivity contribution in [1.82, 2.24) is 0 Å². The maximum atomic E-state index is 6.49. The molecule has 0 amide bonds. The quantitative estimate of drug-likeness (QED) is 0.259. The first-order chi connectivity index (χ1) is 2.77. The molecule has 0 unspecified atom stereocenters. The highest BCUT2D eigenvalue weighted by Gasteiger charge is 1.76. The highest BCUT2D eigenvalue weighted by Crippen LogP contribution is 1.89. The lowest BCUT2D eigenvalue weighted by Crippen LogP contribution is -2.00. The Morgan fingerprint density at radius 1 is 2.00 bits per heavy atom. The number of thioether (sulfide) groups is 1. The van der Waals surface area contributed by atoms with Crippen LogP contribution in [0.4, 0.5) is 0 Å². The maximum absolute atomic E-state index is 6.49. The molecule has 2 nitrogen and oxygen atoms in total. The SMILES string of the molecule is C#CSC(=N)N. The Balaban J connectivity index is 3.13. The standard InChI is InChI=1S/C3H4N2S/c1-2-6-3(4)5/h1H,(H3,4,5). The van der Waals surface area contributed by atoms with Gasteiger partial charge in [-0.05, 0) is 17.0 Å². The number of amidine groups is 1. The summed E-state index contributed by atoms with van der Waals surface area (Å²) in [5.41, 5.74) is 4.81. The summed E-state index contributed by atoms with van der Waals surface area (Å²) in [5.74, 6) is 0. The molecule has 0 aliphatic carbocycles. The topological polar surface area (TPSA) is 49.9 Å². The third-order valence-electron chi connectivity index (χ3n) is 0.169. The first-order valence-corrected chi connectivity index (χ1v) is 2.05. The molecule has 0 aromatic carbocycles. The van der Waals surface area contributed by atoms with Gasteiger partial charge in [0.25, 0.3) is 0 Å². The van der Waals surface area contributed by atoms with Gasteiger partial charge in [0.2, 0.25) is 0 Å². The minimum absolute atomic E-state index is 0.0301. The molecule has 0 aliphatic heterocycles. The average molecular weight is 100 g/mol. The van der Waals surface area contributed by atoms with E-state index in [0.717, 1.165) is 11.8 Å². The fourth-order valence-corrected chi connectivity index (χ4v) is 0.190. The molecule has 0 fully saturated rings. The minimum atomic E-state index is -0.0301. The van der Waals surface area contributed by atoms with Crippen LogP contribution in [0.15, 0.2) is 0 Å². The van der Waals surface area contributed by atoms with Crippen LogP contribution in [-0.2, 0) is 0 Å². The fourth-order valence-electron chi connectivity index (χ4n) is 0.0635. The van der Waals surface area contributed by atoms with Crippen LogP contribution < -0.4 is 5.73 Å². The highest BCUT2D eigenvalue weighted by atomic mass is 32.2. The van der Waals surface area contributed by atoms with Crippen molar-refractivity contribution in [3.63, 3.8) is 0 Å². The Morgan fingerprint density at radius 3 is 2.50 bits per heavy atom. The molecule has 0 saturated carbocycles. The normalized spacial score (nSPS) is 6.50. The van der Waals surface area contributed by atoms with Crippen molar-refractivity contribution in [2.75, 3.05) is 0 Å². The van der Waals surface area contributed by atoms with E-state index in [1.165, 1.54) is 0 Å². The van der Waals surface area contributed by atoms with Gasteiger partial charge in [-0.25, -0.2) is 0 Å². The molecule has 3 heteroatoms. The molecule has 0 heterocycles. The van der Waals surface area contributed by atoms with Crippen LogP contribution in [0.3, 0.4) is 0 Å². The Kier molecular flexibility index (Phi) is 2.34. The van der Waals surface area contributed by atoms with E-state index in [4.69, 9.17) is 17.6 Å². The molecule has 0 aliphatic rings. The van der Waals surface area contributed by atoms with E-state index >= 15 is 0 Å². The second-order valence-corrected chi connectivity index (χ2v) is 1.46. The summed E-state index contributed by atoms with van der Waals surface area (Å²) in [7, 11) is 0. The third kappa shape index (κ3) is 3.38. The molecular formula is C3H4N2S. The number of hydrogen-bond acceptors (Lipinski definition) is 2. The van der Waals surface area contributed by atoms with E-state index in [-0.39, 0.29) is 5.17 Å². The van der Waals surface area contributed by atoms with Crippen molar-refractivity contribution in [1.29, 1.82) is 5.41 Å². The van der Waals surface area contributed by atoms with Crippen molar-refractivity contribution in [3.05, 3.63) is 0 Å². The molecule has 0 radical (unpaired) electrons. The molecule has 3 N–H and O–H groups in total. The Hall–Kier alpha value is -0.620. The van der Waals surface area contributed by atoms with Crippen LogP contribution in [0, 0.1) is 17.1 Å². The summed E-state index contributed by atoms with van der Waals surface area (Å²) < 4.78 is 0. The van der Waals surface area contributed by atoms with Crippen LogP contribution in [0.1, 0.15) is 0 Å². The number of nitrogens with two attached hydrogens (primary N) is 1. The zero-order valence-electron chi connectivity index (χ0n) is 3.06. The summed E-state index contributed by atoms with van der Waals surface area (Å²) in [6.45, 7) is 0. The van der Waals surface area contributed by atoms with Gasteiger partial charge in [-0.2, -0.15) is 0 Å². The molecule has 0 aromatic rings. The van der Waals surface area contributed by atoms with Gasteiger partial charge in [0.1, 0.15) is 0 Å². The van der Waals surface area contributed by atoms with Crippen LogP contribution >= 0.6 is 11.8 Å². The van der Waals surface area contributed by atoms with Crippen molar-refractivity contribution < 1.29 is 0 Å². The van der Waals surface area contributed by atoms with Gasteiger partial charge in [0.05, 0.1) is 0 Å². The fraction of sp³-hybridized carbons (Fsp3) is 0. The lowest BCUT2D eigenvalue weighted by atomic mass is 11.4. The summed E-state index contributed by atoms with van der Waals surface area (Å²) in [6.07, 6.45) is 4.72. The van der Waals surface area contributed by atoms with Crippen molar-refractivity contribution in [3.8, 4) is 11.7 Å². The summed E-state index contributed by atoms with van der Waals surface area (Å²) >= 11 is 0.875. The smallest absolute Gasteiger partial charge is 0.163 e. The van der Waals surface area contributed by atoms with Gasteiger partial charge >= 0.3 is 0 Å². The molecular weight excluding hydrogens is 96.1 g/mol. The van der Waals surface area contributed by atoms with Gasteiger partial charge in [-0.1, -0.05) is 0 Å². The maximum Gasteiger partial charge on any atom is 0.163 e. The van der Waals surface area contributed by atoms with Gasteiger partial charge in [-0.15, -0.1) is 6.42 Å². The monoisotopic (exact) mass is 100 g/mol. The molecule has 6 heavy (non-hydrogen) atoms. The first-order valence-electron chi connectivity index (χ1n) is 1.24. The minimum Gasteiger partial charge on any atom is -0.378 e. The number of hydrogen-bond donors (Lipinski definition) is 2. The lowest BCUT2D eigenvalue weighted by Gasteiger charge is -1.77. The van der Waals surface area contributed by atoms with Crippen LogP contribution in [0.2, 0.25) is 0 Å². The Morgan fingerprint density at radius 2 is 2.50 bits per heavy atom. The van der Waals surface area contributed by atoms with Gasteiger partial charge in [-0.3, -0.25) is 5.41 Å². The summed E-state index contributed by atoms with van der Waals surface area (Å²) in [5, 5.41) is 8.60. The lowest BCUT2D eigenvalue weighted by molar-refractivity contribution is 1.51. The van der Waals surface area contributed by atoms with Crippen LogP contribution in [0.25, 0.3) is 0 Å². The van der Waals surface area contributed by atoms with E-state index < -0.39 is 0 Å². The molecule has 0 bridgehead atoms. The highest BCUT2D eigenvalue weighted by molar-refractivity contribution is 8.17. The number of terminal acetylenes is 1. The molecule has 0 atom stereocenters. The largest absolute Gasteiger partial charge is 0.378 e. The summed E-state index contributed by atoms with van der Waals surface area (Å²) in [6, 6.07) is 0. The van der Waals surface area contributed by atoms with Gasteiger partial charge in [0.15, 0.2) is 5.17 Å². The van der Waals surface area contributed by atoms with Crippen LogP contribution in [-0.4, -0.2) is 5.17 Å². The third-order valence-corrected chi connectivity index (χ3v) is 0.507. The summed E-state index contributed by atoms with van der Waals surface area (Å²) in [4.78, 5) is 0. The zero-order valence-corrected chi connectivity index (χ0v) is 3.88. The zero-order chi connectivity index (χ0) is 4.99. The average Bonchev–Trinajstić information content (AvgIpc) is 1.35. The van der Waals surface area contributed by atoms with E-state index in [1.54, 1.807) is 0 Å². The van der Waals surface area contributed by atoms with Gasteiger partial charge in [0, 0.05) is 0 Å². The second kappa shape index (κ2) is 2.61. The van der Waals surface area contributed by atoms with Gasteiger partial charge < -0.3 is 5.73 Å². The van der Waals surface area contributed by atoms with Crippen molar-refractivity contribution >= 4 is 16.9 Å². The molecule has 0 rings (SSSR count). The van der Waals surface area contributed by atoms with Crippen molar-refractivity contribution in [2.24, 2.45) is 5.73 Å².